The third kappa shape index (κ3) is 2.38. The maximum atomic E-state index is 5.48. The molecule has 1 N–H and O–H groups in total. The molecular weight excluding hydrogens is 208 g/mol. The largest absolute Gasteiger partial charge is 0.378 e. The van der Waals surface area contributed by atoms with Crippen LogP contribution in [-0.4, -0.2) is 24.7 Å². The monoisotopic (exact) mass is 226 g/mol. The van der Waals surface area contributed by atoms with Crippen LogP contribution in [0.5, 0.6) is 0 Å². The zero-order valence-corrected chi connectivity index (χ0v) is 10.4. The van der Waals surface area contributed by atoms with Crippen molar-refractivity contribution in [1.82, 2.24) is 10.3 Å². The standard InChI is InChI=1S/C11H18N2OS/c1-7(2)11-10(13-8(3)15-11)9-6-14-5-4-12-9/h7,9,12H,4-6H2,1-3H3. The summed E-state index contributed by atoms with van der Waals surface area (Å²) in [5.74, 6) is 0.551. The quantitative estimate of drug-likeness (QED) is 0.839. The van der Waals surface area contributed by atoms with Crippen LogP contribution in [0.25, 0.3) is 0 Å². The van der Waals surface area contributed by atoms with E-state index in [0.29, 0.717) is 12.0 Å². The number of rotatable bonds is 2. The minimum absolute atomic E-state index is 0.293. The summed E-state index contributed by atoms with van der Waals surface area (Å²) >= 11 is 1.81. The number of thiazole rings is 1. The fraction of sp³-hybridized carbons (Fsp3) is 0.727. The maximum absolute atomic E-state index is 5.48. The van der Waals surface area contributed by atoms with Crippen molar-refractivity contribution in [1.29, 1.82) is 0 Å². The smallest absolute Gasteiger partial charge is 0.0901 e. The van der Waals surface area contributed by atoms with E-state index in [1.807, 2.05) is 11.3 Å². The number of morpholine rings is 1. The van der Waals surface area contributed by atoms with Gasteiger partial charge in [-0.2, -0.15) is 0 Å². The summed E-state index contributed by atoms with van der Waals surface area (Å²) in [6.07, 6.45) is 0. The first-order chi connectivity index (χ1) is 7.18. The molecule has 0 bridgehead atoms. The highest BCUT2D eigenvalue weighted by Crippen LogP contribution is 2.30. The van der Waals surface area contributed by atoms with Gasteiger partial charge in [0, 0.05) is 11.4 Å². The Kier molecular flexibility index (Phi) is 3.38. The number of hydrogen-bond donors (Lipinski definition) is 1. The average Bonchev–Trinajstić information content (AvgIpc) is 2.62. The Bertz CT molecular complexity index is 329. The lowest BCUT2D eigenvalue weighted by Gasteiger charge is -2.23. The molecule has 2 heterocycles. The van der Waals surface area contributed by atoms with Gasteiger partial charge >= 0.3 is 0 Å². The van der Waals surface area contributed by atoms with E-state index in [0.717, 1.165) is 24.8 Å². The topological polar surface area (TPSA) is 34.1 Å². The SMILES string of the molecule is Cc1nc(C2COCCN2)c(C(C)C)s1. The number of aryl methyl sites for hydroxylation is 1. The molecule has 1 aromatic rings. The van der Waals surface area contributed by atoms with E-state index in [4.69, 9.17) is 4.74 Å². The number of nitrogens with one attached hydrogen (secondary N) is 1. The summed E-state index contributed by atoms with van der Waals surface area (Å²) in [7, 11) is 0. The first kappa shape index (κ1) is 11.0. The van der Waals surface area contributed by atoms with E-state index >= 15 is 0 Å². The minimum Gasteiger partial charge on any atom is -0.378 e. The van der Waals surface area contributed by atoms with Gasteiger partial charge in [-0.25, -0.2) is 4.98 Å². The van der Waals surface area contributed by atoms with Crippen LogP contribution in [0.3, 0.4) is 0 Å². The number of ether oxygens (including phenoxy) is 1. The van der Waals surface area contributed by atoms with E-state index in [-0.39, 0.29) is 0 Å². The summed E-state index contributed by atoms with van der Waals surface area (Å²) in [5, 5.41) is 4.62. The molecule has 4 heteroatoms. The lowest BCUT2D eigenvalue weighted by atomic mass is 10.1. The molecule has 1 saturated heterocycles. The zero-order valence-electron chi connectivity index (χ0n) is 9.54. The maximum Gasteiger partial charge on any atom is 0.0901 e. The first-order valence-corrected chi connectivity index (χ1v) is 6.28. The van der Waals surface area contributed by atoms with Gasteiger partial charge < -0.3 is 10.1 Å². The van der Waals surface area contributed by atoms with Crippen LogP contribution >= 0.6 is 11.3 Å². The molecule has 3 nitrogen and oxygen atoms in total. The van der Waals surface area contributed by atoms with E-state index in [1.54, 1.807) is 0 Å². The van der Waals surface area contributed by atoms with Crippen molar-refractivity contribution in [3.8, 4) is 0 Å². The van der Waals surface area contributed by atoms with E-state index in [9.17, 15) is 0 Å². The first-order valence-electron chi connectivity index (χ1n) is 5.47. The second-order valence-corrected chi connectivity index (χ2v) is 5.45. The van der Waals surface area contributed by atoms with Gasteiger partial charge in [-0.1, -0.05) is 13.8 Å². The predicted molar refractivity (Wildman–Crippen MR) is 62.5 cm³/mol. The van der Waals surface area contributed by atoms with Crippen molar-refractivity contribution in [2.45, 2.75) is 32.7 Å². The molecule has 0 radical (unpaired) electrons. The fourth-order valence-corrected chi connectivity index (χ4v) is 2.85. The van der Waals surface area contributed by atoms with Crippen molar-refractivity contribution in [2.24, 2.45) is 0 Å². The second-order valence-electron chi connectivity index (χ2n) is 4.22. The van der Waals surface area contributed by atoms with Crippen molar-refractivity contribution in [3.63, 3.8) is 0 Å². The van der Waals surface area contributed by atoms with Gasteiger partial charge in [0.15, 0.2) is 0 Å². The normalized spacial score (nSPS) is 22.3. The molecule has 2 rings (SSSR count). The summed E-state index contributed by atoms with van der Waals surface area (Å²) in [5.41, 5.74) is 1.20. The number of hydrogen-bond acceptors (Lipinski definition) is 4. The van der Waals surface area contributed by atoms with Crippen LogP contribution in [-0.2, 0) is 4.74 Å². The van der Waals surface area contributed by atoms with Gasteiger partial charge in [0.2, 0.25) is 0 Å². The lowest BCUT2D eigenvalue weighted by Crippen LogP contribution is -2.35. The highest BCUT2D eigenvalue weighted by molar-refractivity contribution is 7.11. The van der Waals surface area contributed by atoms with Crippen LogP contribution < -0.4 is 5.32 Å². The predicted octanol–water partition coefficient (Wildman–Crippen LogP) is 2.24. The lowest BCUT2D eigenvalue weighted by molar-refractivity contribution is 0.0754. The molecule has 1 aromatic heterocycles. The summed E-state index contributed by atoms with van der Waals surface area (Å²) in [4.78, 5) is 6.03. The number of aromatic nitrogens is 1. The van der Waals surface area contributed by atoms with E-state index < -0.39 is 0 Å². The van der Waals surface area contributed by atoms with Crippen LogP contribution in [0.4, 0.5) is 0 Å². The van der Waals surface area contributed by atoms with Gasteiger partial charge in [0.25, 0.3) is 0 Å². The number of nitrogens with zero attached hydrogens (tertiary/aromatic N) is 1. The fourth-order valence-electron chi connectivity index (χ4n) is 1.86. The average molecular weight is 226 g/mol. The molecule has 1 atom stereocenters. The van der Waals surface area contributed by atoms with Crippen LogP contribution in [0.2, 0.25) is 0 Å². The third-order valence-corrected chi connectivity index (χ3v) is 3.85. The molecule has 0 aromatic carbocycles. The van der Waals surface area contributed by atoms with E-state index in [2.05, 4.69) is 31.1 Å². The van der Waals surface area contributed by atoms with Gasteiger partial charge in [-0.15, -0.1) is 11.3 Å². The Morgan fingerprint density at radius 2 is 2.33 bits per heavy atom. The van der Waals surface area contributed by atoms with Gasteiger partial charge in [0.05, 0.1) is 30.0 Å². The zero-order chi connectivity index (χ0) is 10.8. The summed E-state index contributed by atoms with van der Waals surface area (Å²) in [6, 6.07) is 0.293. The Morgan fingerprint density at radius 3 is 2.93 bits per heavy atom. The van der Waals surface area contributed by atoms with Gasteiger partial charge in [-0.3, -0.25) is 0 Å². The molecule has 15 heavy (non-hydrogen) atoms. The molecule has 0 aliphatic carbocycles. The highest BCUT2D eigenvalue weighted by atomic mass is 32.1. The Balaban J connectivity index is 2.25. The van der Waals surface area contributed by atoms with Gasteiger partial charge in [-0.05, 0) is 12.8 Å². The molecule has 1 fully saturated rings. The second kappa shape index (κ2) is 4.60. The molecule has 0 spiro atoms. The molecule has 0 amide bonds. The van der Waals surface area contributed by atoms with Crippen molar-refractivity contribution >= 4 is 11.3 Å². The highest BCUT2D eigenvalue weighted by Gasteiger charge is 2.23. The molecular formula is C11H18N2OS. The molecule has 0 saturated carbocycles. The summed E-state index contributed by atoms with van der Waals surface area (Å²) < 4.78 is 5.48. The Morgan fingerprint density at radius 1 is 1.53 bits per heavy atom. The van der Waals surface area contributed by atoms with Crippen molar-refractivity contribution in [3.05, 3.63) is 15.6 Å². The molecule has 1 unspecified atom stereocenters. The van der Waals surface area contributed by atoms with Crippen molar-refractivity contribution < 1.29 is 4.74 Å². The molecule has 84 valence electrons. The van der Waals surface area contributed by atoms with Gasteiger partial charge in [0.1, 0.15) is 0 Å². The molecule has 1 aliphatic heterocycles. The van der Waals surface area contributed by atoms with E-state index in [1.165, 1.54) is 10.6 Å². The Labute approximate surface area is 94.9 Å². The third-order valence-electron chi connectivity index (χ3n) is 2.56. The molecule has 1 aliphatic rings. The van der Waals surface area contributed by atoms with Crippen molar-refractivity contribution in [2.75, 3.05) is 19.8 Å². The summed E-state index contributed by atoms with van der Waals surface area (Å²) in [6.45, 7) is 9.02. The van der Waals surface area contributed by atoms with Crippen LogP contribution in [0.15, 0.2) is 0 Å². The minimum atomic E-state index is 0.293. The van der Waals surface area contributed by atoms with Crippen LogP contribution in [0, 0.1) is 6.92 Å². The Hall–Kier alpha value is -0.450. The van der Waals surface area contributed by atoms with Crippen LogP contribution in [0.1, 0.15) is 41.4 Å².